The molecule has 0 aliphatic carbocycles. The number of aromatic nitrogens is 3. The lowest BCUT2D eigenvalue weighted by atomic mass is 9.99. The molecular formula is C18H19N5O5S. The summed E-state index contributed by atoms with van der Waals surface area (Å²) in [4.78, 5) is 10.3. The van der Waals surface area contributed by atoms with E-state index in [4.69, 9.17) is 4.74 Å². The third-order valence-electron chi connectivity index (χ3n) is 5.07. The van der Waals surface area contributed by atoms with E-state index < -0.39 is 14.9 Å². The van der Waals surface area contributed by atoms with Crippen LogP contribution in [0, 0.1) is 10.1 Å². The van der Waals surface area contributed by atoms with Gasteiger partial charge in [0.15, 0.2) is 5.65 Å². The van der Waals surface area contributed by atoms with E-state index in [1.165, 1.54) is 23.5 Å². The minimum atomic E-state index is -3.90. The van der Waals surface area contributed by atoms with Crippen LogP contribution in [0.25, 0.3) is 5.65 Å². The molecule has 3 aromatic rings. The molecule has 4 rings (SSSR count). The summed E-state index contributed by atoms with van der Waals surface area (Å²) >= 11 is 0. The van der Waals surface area contributed by atoms with E-state index in [9.17, 15) is 18.5 Å². The van der Waals surface area contributed by atoms with Crippen molar-refractivity contribution in [2.45, 2.75) is 23.7 Å². The zero-order valence-electron chi connectivity index (χ0n) is 15.6. The van der Waals surface area contributed by atoms with Crippen LogP contribution < -0.4 is 4.74 Å². The van der Waals surface area contributed by atoms with Gasteiger partial charge in [-0.05, 0) is 31.0 Å². The Balaban J connectivity index is 1.66. The number of nitro groups is 1. The summed E-state index contributed by atoms with van der Waals surface area (Å²) in [5.74, 6) is 0.561. The minimum absolute atomic E-state index is 0.0470. The monoisotopic (exact) mass is 417 g/mol. The third-order valence-corrected chi connectivity index (χ3v) is 6.97. The highest BCUT2D eigenvalue weighted by Crippen LogP contribution is 2.34. The number of methoxy groups -OCH3 is 1. The van der Waals surface area contributed by atoms with Crippen molar-refractivity contribution in [3.63, 3.8) is 0 Å². The largest absolute Gasteiger partial charge is 0.495 e. The summed E-state index contributed by atoms with van der Waals surface area (Å²) in [7, 11) is -2.61. The molecule has 0 spiro atoms. The molecule has 11 heteroatoms. The molecule has 0 saturated carbocycles. The number of benzene rings is 1. The van der Waals surface area contributed by atoms with Crippen molar-refractivity contribution in [2.75, 3.05) is 20.2 Å². The Kier molecular flexibility index (Phi) is 4.92. The van der Waals surface area contributed by atoms with E-state index in [1.807, 2.05) is 28.8 Å². The number of ether oxygens (including phenoxy) is 1. The number of pyridine rings is 1. The van der Waals surface area contributed by atoms with Gasteiger partial charge in [-0.2, -0.15) is 4.31 Å². The van der Waals surface area contributed by atoms with E-state index in [0.29, 0.717) is 18.6 Å². The van der Waals surface area contributed by atoms with Crippen molar-refractivity contribution < 1.29 is 18.1 Å². The number of rotatable bonds is 5. The van der Waals surface area contributed by atoms with Gasteiger partial charge in [0.05, 0.1) is 18.1 Å². The Labute approximate surface area is 166 Å². The quantitative estimate of drug-likeness (QED) is 0.461. The molecule has 152 valence electrons. The molecule has 1 aliphatic heterocycles. The molecule has 1 aromatic carbocycles. The Morgan fingerprint density at radius 3 is 2.83 bits per heavy atom. The number of non-ortho nitro benzene ring substituents is 1. The van der Waals surface area contributed by atoms with Crippen LogP contribution in [0.1, 0.15) is 24.6 Å². The molecule has 0 N–H and O–H groups in total. The highest BCUT2D eigenvalue weighted by Gasteiger charge is 2.35. The molecule has 1 unspecified atom stereocenters. The molecule has 1 fully saturated rings. The van der Waals surface area contributed by atoms with Gasteiger partial charge in [-0.1, -0.05) is 6.07 Å². The van der Waals surface area contributed by atoms with Gasteiger partial charge >= 0.3 is 0 Å². The molecular weight excluding hydrogens is 398 g/mol. The van der Waals surface area contributed by atoms with Crippen molar-refractivity contribution in [1.29, 1.82) is 0 Å². The van der Waals surface area contributed by atoms with Crippen molar-refractivity contribution in [1.82, 2.24) is 18.9 Å². The SMILES string of the molecule is COc1cc([N+](=O)[O-])ccc1S(=O)(=O)N1CCCC(c2nnc3ccccn23)C1. The molecule has 3 heterocycles. The molecule has 0 amide bonds. The second-order valence-electron chi connectivity index (χ2n) is 6.78. The Morgan fingerprint density at radius 1 is 1.24 bits per heavy atom. The van der Waals surface area contributed by atoms with Gasteiger partial charge in [0.1, 0.15) is 16.5 Å². The first kappa shape index (κ1) is 19.3. The Morgan fingerprint density at radius 2 is 2.07 bits per heavy atom. The van der Waals surface area contributed by atoms with E-state index in [0.717, 1.165) is 18.3 Å². The molecule has 10 nitrogen and oxygen atoms in total. The van der Waals surface area contributed by atoms with Gasteiger partial charge in [-0.25, -0.2) is 8.42 Å². The number of nitrogens with zero attached hydrogens (tertiary/aromatic N) is 5. The van der Waals surface area contributed by atoms with Gasteiger partial charge in [-0.15, -0.1) is 10.2 Å². The first-order chi connectivity index (χ1) is 13.9. The second-order valence-corrected chi connectivity index (χ2v) is 8.69. The second kappa shape index (κ2) is 7.41. The van der Waals surface area contributed by atoms with Crippen LogP contribution in [0.15, 0.2) is 47.5 Å². The van der Waals surface area contributed by atoms with E-state index >= 15 is 0 Å². The number of hydrogen-bond acceptors (Lipinski definition) is 7. The predicted octanol–water partition coefficient (Wildman–Crippen LogP) is 2.21. The summed E-state index contributed by atoms with van der Waals surface area (Å²) in [6.07, 6.45) is 3.32. The number of nitro benzene ring substituents is 1. The smallest absolute Gasteiger partial charge is 0.273 e. The lowest BCUT2D eigenvalue weighted by molar-refractivity contribution is -0.385. The first-order valence-corrected chi connectivity index (χ1v) is 10.5. The van der Waals surface area contributed by atoms with Crippen LogP contribution >= 0.6 is 0 Å². The summed E-state index contributed by atoms with van der Waals surface area (Å²) in [5.41, 5.74) is 0.478. The molecule has 1 saturated heterocycles. The third kappa shape index (κ3) is 3.42. The minimum Gasteiger partial charge on any atom is -0.495 e. The van der Waals surface area contributed by atoms with Crippen LogP contribution in [0.2, 0.25) is 0 Å². The number of sulfonamides is 1. The maximum absolute atomic E-state index is 13.3. The number of piperidine rings is 1. The van der Waals surface area contributed by atoms with Crippen LogP contribution in [0.5, 0.6) is 5.75 Å². The van der Waals surface area contributed by atoms with Crippen molar-refractivity contribution in [3.8, 4) is 5.75 Å². The van der Waals surface area contributed by atoms with Gasteiger partial charge < -0.3 is 4.74 Å². The average Bonchev–Trinajstić information content (AvgIpc) is 3.17. The number of hydrogen-bond donors (Lipinski definition) is 0. The van der Waals surface area contributed by atoms with Crippen molar-refractivity contribution in [3.05, 3.63) is 58.5 Å². The molecule has 29 heavy (non-hydrogen) atoms. The van der Waals surface area contributed by atoms with E-state index in [2.05, 4.69) is 10.2 Å². The normalized spacial score (nSPS) is 18.0. The van der Waals surface area contributed by atoms with Gasteiger partial charge in [0.25, 0.3) is 5.69 Å². The summed E-state index contributed by atoms with van der Waals surface area (Å²) in [5, 5.41) is 19.4. The lowest BCUT2D eigenvalue weighted by Crippen LogP contribution is -2.39. The zero-order chi connectivity index (χ0) is 20.6. The predicted molar refractivity (Wildman–Crippen MR) is 103 cm³/mol. The number of fused-ring (bicyclic) bond motifs is 1. The topological polar surface area (TPSA) is 120 Å². The van der Waals surface area contributed by atoms with Crippen molar-refractivity contribution in [2.24, 2.45) is 0 Å². The molecule has 2 aromatic heterocycles. The van der Waals surface area contributed by atoms with Gasteiger partial charge in [-0.3, -0.25) is 14.5 Å². The molecule has 1 aliphatic rings. The summed E-state index contributed by atoms with van der Waals surface area (Å²) in [6, 6.07) is 9.10. The summed E-state index contributed by atoms with van der Waals surface area (Å²) in [6.45, 7) is 0.605. The first-order valence-electron chi connectivity index (χ1n) is 9.04. The van der Waals surface area contributed by atoms with Gasteiger partial charge in [0, 0.05) is 31.3 Å². The maximum Gasteiger partial charge on any atom is 0.273 e. The Hall–Kier alpha value is -3.05. The standard InChI is InChI=1S/C18H19N5O5S/c1-28-15-11-14(23(24)25)7-8-16(15)29(26,27)21-9-4-5-13(12-21)18-20-19-17-6-2-3-10-22(17)18/h2-3,6-8,10-11,13H,4-5,9,12H2,1H3. The van der Waals surface area contributed by atoms with Gasteiger partial charge in [0.2, 0.25) is 10.0 Å². The van der Waals surface area contributed by atoms with Crippen LogP contribution in [-0.2, 0) is 10.0 Å². The van der Waals surface area contributed by atoms with Crippen LogP contribution in [-0.4, -0.2) is 52.4 Å². The highest BCUT2D eigenvalue weighted by atomic mass is 32.2. The highest BCUT2D eigenvalue weighted by molar-refractivity contribution is 7.89. The fourth-order valence-corrected chi connectivity index (χ4v) is 5.29. The fraction of sp³-hybridized carbons (Fsp3) is 0.333. The van der Waals surface area contributed by atoms with E-state index in [-0.39, 0.29) is 28.8 Å². The zero-order valence-corrected chi connectivity index (χ0v) is 16.4. The average molecular weight is 417 g/mol. The lowest BCUT2D eigenvalue weighted by Gasteiger charge is -2.31. The Bertz CT molecular complexity index is 1180. The van der Waals surface area contributed by atoms with Crippen molar-refractivity contribution >= 4 is 21.4 Å². The summed E-state index contributed by atoms with van der Waals surface area (Å²) < 4.78 is 34.9. The van der Waals surface area contributed by atoms with E-state index in [1.54, 1.807) is 0 Å². The molecule has 0 radical (unpaired) electrons. The molecule has 0 bridgehead atoms. The van der Waals surface area contributed by atoms with Crippen LogP contribution in [0.4, 0.5) is 5.69 Å². The molecule has 1 atom stereocenters. The van der Waals surface area contributed by atoms with Crippen LogP contribution in [0.3, 0.4) is 0 Å². The maximum atomic E-state index is 13.3. The fourth-order valence-electron chi connectivity index (χ4n) is 3.63.